The molecule has 0 atom stereocenters. The summed E-state index contributed by atoms with van der Waals surface area (Å²) in [6, 6.07) is 27.1. The first kappa shape index (κ1) is 13.0. The molecule has 0 saturated carbocycles. The molecule has 1 aliphatic rings. The maximum Gasteiger partial charge on any atom is 0.524 e. The lowest BCUT2D eigenvalue weighted by Gasteiger charge is -2.22. The molecule has 0 N–H and O–H groups in total. The van der Waals surface area contributed by atoms with Crippen molar-refractivity contribution in [2.24, 2.45) is 0 Å². The number of rotatable bonds is 2. The van der Waals surface area contributed by atoms with Crippen molar-refractivity contribution in [2.45, 2.75) is 6.92 Å². The standard InChI is InChI=1S/C19H16BNO/c1-15-12-13-18-19(14-15)22-20(16-8-4-2-5-9-16)21(18)17-10-6-3-7-11-17/h2-14H,1H3. The van der Waals surface area contributed by atoms with E-state index in [9.17, 15) is 0 Å². The zero-order valence-corrected chi connectivity index (χ0v) is 12.4. The average Bonchev–Trinajstić information content (AvgIpc) is 2.95. The number of aryl methyl sites for hydroxylation is 1. The molecule has 4 rings (SSSR count). The maximum atomic E-state index is 6.27. The van der Waals surface area contributed by atoms with Gasteiger partial charge < -0.3 is 9.47 Å². The highest BCUT2D eigenvalue weighted by Crippen LogP contribution is 2.40. The molecule has 0 fully saturated rings. The minimum absolute atomic E-state index is 0.125. The number of anilines is 2. The van der Waals surface area contributed by atoms with Gasteiger partial charge in [-0.2, -0.15) is 0 Å². The lowest BCUT2D eigenvalue weighted by Crippen LogP contribution is -2.46. The molecule has 1 aliphatic heterocycles. The molecule has 22 heavy (non-hydrogen) atoms. The minimum atomic E-state index is -0.125. The van der Waals surface area contributed by atoms with Gasteiger partial charge in [-0.1, -0.05) is 54.6 Å². The minimum Gasteiger partial charge on any atom is -0.536 e. The van der Waals surface area contributed by atoms with Crippen LogP contribution in [0.3, 0.4) is 0 Å². The molecule has 106 valence electrons. The first-order chi connectivity index (χ1) is 10.8. The summed E-state index contributed by atoms with van der Waals surface area (Å²) >= 11 is 0. The summed E-state index contributed by atoms with van der Waals surface area (Å²) < 4.78 is 6.27. The van der Waals surface area contributed by atoms with Crippen LogP contribution in [0.15, 0.2) is 78.9 Å². The molecule has 3 aromatic rings. The summed E-state index contributed by atoms with van der Waals surface area (Å²) in [5.74, 6) is 0.942. The van der Waals surface area contributed by atoms with E-state index in [0.29, 0.717) is 0 Å². The van der Waals surface area contributed by atoms with E-state index >= 15 is 0 Å². The normalized spacial score (nSPS) is 13.0. The van der Waals surface area contributed by atoms with Crippen molar-refractivity contribution >= 4 is 23.9 Å². The van der Waals surface area contributed by atoms with Crippen LogP contribution in [0.2, 0.25) is 0 Å². The Bertz CT molecular complexity index is 789. The van der Waals surface area contributed by atoms with Crippen molar-refractivity contribution in [3.8, 4) is 5.75 Å². The topological polar surface area (TPSA) is 12.5 Å². The van der Waals surface area contributed by atoms with E-state index in [4.69, 9.17) is 4.65 Å². The van der Waals surface area contributed by atoms with Crippen molar-refractivity contribution < 1.29 is 4.65 Å². The highest BCUT2D eigenvalue weighted by Gasteiger charge is 2.39. The van der Waals surface area contributed by atoms with Gasteiger partial charge >= 0.3 is 7.05 Å². The largest absolute Gasteiger partial charge is 0.536 e. The fourth-order valence-electron chi connectivity index (χ4n) is 2.91. The van der Waals surface area contributed by atoms with E-state index in [-0.39, 0.29) is 7.05 Å². The van der Waals surface area contributed by atoms with Gasteiger partial charge in [0.05, 0.1) is 5.69 Å². The van der Waals surface area contributed by atoms with E-state index in [1.54, 1.807) is 0 Å². The molecule has 0 radical (unpaired) electrons. The molecule has 2 nitrogen and oxygen atoms in total. The van der Waals surface area contributed by atoms with Gasteiger partial charge in [-0.15, -0.1) is 0 Å². The summed E-state index contributed by atoms with van der Waals surface area (Å²) in [4.78, 5) is 2.25. The van der Waals surface area contributed by atoms with E-state index in [0.717, 1.165) is 22.6 Å². The van der Waals surface area contributed by atoms with E-state index in [1.165, 1.54) is 5.56 Å². The first-order valence-electron chi connectivity index (χ1n) is 7.49. The molecule has 0 aromatic heterocycles. The van der Waals surface area contributed by atoms with Gasteiger partial charge in [-0.25, -0.2) is 0 Å². The number of nitrogens with zero attached hydrogens (tertiary/aromatic N) is 1. The first-order valence-corrected chi connectivity index (χ1v) is 7.49. The van der Waals surface area contributed by atoms with Gasteiger partial charge in [0.15, 0.2) is 0 Å². The van der Waals surface area contributed by atoms with Crippen LogP contribution in [0.4, 0.5) is 11.4 Å². The van der Waals surface area contributed by atoms with Crippen molar-refractivity contribution in [3.05, 3.63) is 84.4 Å². The van der Waals surface area contributed by atoms with Crippen molar-refractivity contribution in [1.29, 1.82) is 0 Å². The van der Waals surface area contributed by atoms with Crippen LogP contribution in [-0.2, 0) is 0 Å². The molecule has 3 aromatic carbocycles. The summed E-state index contributed by atoms with van der Waals surface area (Å²) in [6.07, 6.45) is 0. The molecular weight excluding hydrogens is 269 g/mol. The Balaban J connectivity index is 1.86. The van der Waals surface area contributed by atoms with E-state index in [1.807, 2.05) is 12.1 Å². The number of benzene rings is 3. The third-order valence-corrected chi connectivity index (χ3v) is 3.97. The van der Waals surface area contributed by atoms with Gasteiger partial charge in [-0.05, 0) is 42.2 Å². The molecule has 0 unspecified atom stereocenters. The molecule has 0 aliphatic carbocycles. The molecule has 3 heteroatoms. The zero-order valence-electron chi connectivity index (χ0n) is 12.4. The van der Waals surface area contributed by atoms with Crippen LogP contribution >= 0.6 is 0 Å². The van der Waals surface area contributed by atoms with Crippen molar-refractivity contribution in [1.82, 2.24) is 0 Å². The molecule has 0 amide bonds. The fraction of sp³-hybridized carbons (Fsp3) is 0.0526. The monoisotopic (exact) mass is 285 g/mol. The Morgan fingerprint density at radius 3 is 2.23 bits per heavy atom. The van der Waals surface area contributed by atoms with Gasteiger partial charge in [0.25, 0.3) is 0 Å². The molecule has 0 saturated heterocycles. The smallest absolute Gasteiger partial charge is 0.524 e. The second kappa shape index (κ2) is 5.26. The number of hydrogen-bond donors (Lipinski definition) is 0. The number of para-hydroxylation sites is 1. The third-order valence-electron chi connectivity index (χ3n) is 3.97. The van der Waals surface area contributed by atoms with Crippen LogP contribution in [0.25, 0.3) is 0 Å². The van der Waals surface area contributed by atoms with Crippen LogP contribution < -0.4 is 14.9 Å². The lowest BCUT2D eigenvalue weighted by molar-refractivity contribution is 0.603. The summed E-state index contributed by atoms with van der Waals surface area (Å²) in [7, 11) is -0.125. The van der Waals surface area contributed by atoms with E-state index < -0.39 is 0 Å². The second-order valence-corrected chi connectivity index (χ2v) is 5.56. The van der Waals surface area contributed by atoms with Gasteiger partial charge in [0.2, 0.25) is 0 Å². The fourth-order valence-corrected chi connectivity index (χ4v) is 2.91. The van der Waals surface area contributed by atoms with Gasteiger partial charge in [0, 0.05) is 5.69 Å². The zero-order chi connectivity index (χ0) is 14.9. The van der Waals surface area contributed by atoms with Crippen molar-refractivity contribution in [3.63, 3.8) is 0 Å². The number of hydrogen-bond acceptors (Lipinski definition) is 2. The Morgan fingerprint density at radius 1 is 0.818 bits per heavy atom. The quantitative estimate of drug-likeness (QED) is 0.662. The van der Waals surface area contributed by atoms with Crippen LogP contribution in [0.1, 0.15) is 5.56 Å². The van der Waals surface area contributed by atoms with Crippen molar-refractivity contribution in [2.75, 3.05) is 4.81 Å². The maximum absolute atomic E-state index is 6.27. The second-order valence-electron chi connectivity index (χ2n) is 5.56. The summed E-state index contributed by atoms with van der Waals surface area (Å²) in [6.45, 7) is 2.09. The Kier molecular flexibility index (Phi) is 3.12. The Hall–Kier alpha value is -2.68. The SMILES string of the molecule is Cc1ccc2c(c1)OB(c1ccccc1)N2c1ccccc1. The predicted molar refractivity (Wildman–Crippen MR) is 92.2 cm³/mol. The van der Waals surface area contributed by atoms with Gasteiger partial charge in [0.1, 0.15) is 5.75 Å². The highest BCUT2D eigenvalue weighted by molar-refractivity contribution is 6.74. The third kappa shape index (κ3) is 2.15. The van der Waals surface area contributed by atoms with Crippen LogP contribution in [0.5, 0.6) is 5.75 Å². The predicted octanol–water partition coefficient (Wildman–Crippen LogP) is 3.92. The van der Waals surface area contributed by atoms with Crippen LogP contribution in [-0.4, -0.2) is 7.05 Å². The van der Waals surface area contributed by atoms with Crippen LogP contribution in [0, 0.1) is 6.92 Å². The molecule has 0 spiro atoms. The molecule has 1 heterocycles. The average molecular weight is 285 g/mol. The molecular formula is C19H16BNO. The summed E-state index contributed by atoms with van der Waals surface area (Å²) in [5.41, 5.74) is 4.62. The van der Waals surface area contributed by atoms with E-state index in [2.05, 4.69) is 78.5 Å². The summed E-state index contributed by atoms with van der Waals surface area (Å²) in [5, 5.41) is 0. The lowest BCUT2D eigenvalue weighted by atomic mass is 9.71. The number of fused-ring (bicyclic) bond motifs is 1. The molecule has 0 bridgehead atoms. The Labute approximate surface area is 131 Å². The Morgan fingerprint density at radius 2 is 1.50 bits per heavy atom. The highest BCUT2D eigenvalue weighted by atomic mass is 16.5. The van der Waals surface area contributed by atoms with Gasteiger partial charge in [-0.3, -0.25) is 0 Å².